The van der Waals surface area contributed by atoms with E-state index in [1.165, 1.54) is 5.56 Å². The highest BCUT2D eigenvalue weighted by Crippen LogP contribution is 2.38. The first-order chi connectivity index (χ1) is 24.4. The molecule has 5 heterocycles. The summed E-state index contributed by atoms with van der Waals surface area (Å²) in [4.78, 5) is 51.3. The lowest BCUT2D eigenvalue weighted by atomic mass is 9.88. The highest BCUT2D eigenvalue weighted by molar-refractivity contribution is 6.24. The number of rotatable bonds is 8. The lowest BCUT2D eigenvalue weighted by Gasteiger charge is -2.42. The van der Waals surface area contributed by atoms with Crippen LogP contribution in [0.4, 0.5) is 5.69 Å². The van der Waals surface area contributed by atoms with Crippen molar-refractivity contribution in [3.63, 3.8) is 0 Å². The van der Waals surface area contributed by atoms with Gasteiger partial charge in [-0.2, -0.15) is 0 Å². The number of hydrogen-bond acceptors (Lipinski definition) is 6. The van der Waals surface area contributed by atoms with Gasteiger partial charge in [0.15, 0.2) is 0 Å². The number of nitrogens with one attached hydrogen (secondary N) is 3. The molecule has 3 amide bonds. The molecule has 9 nitrogen and oxygen atoms in total. The maximum Gasteiger partial charge on any atom is 0.261 e. The largest absolute Gasteiger partial charge is 0.365 e. The molecule has 5 aromatic rings. The number of piperidine rings is 1. The van der Waals surface area contributed by atoms with E-state index in [1.807, 2.05) is 35.4 Å². The van der Waals surface area contributed by atoms with Gasteiger partial charge in [0.1, 0.15) is 5.65 Å². The number of aromatic nitrogens is 2. The molecule has 0 aliphatic carbocycles. The molecule has 254 valence electrons. The van der Waals surface area contributed by atoms with E-state index in [4.69, 9.17) is 0 Å². The van der Waals surface area contributed by atoms with Crippen molar-refractivity contribution < 1.29 is 14.4 Å². The summed E-state index contributed by atoms with van der Waals surface area (Å²) in [5.41, 5.74) is 9.42. The fourth-order valence-corrected chi connectivity index (χ4v) is 8.22. The summed E-state index contributed by atoms with van der Waals surface area (Å²) in [6, 6.07) is 26.8. The van der Waals surface area contributed by atoms with E-state index in [9.17, 15) is 14.4 Å². The number of pyridine rings is 1. The van der Waals surface area contributed by atoms with Crippen molar-refractivity contribution in [2.45, 2.75) is 45.1 Å². The second-order valence-electron chi connectivity index (χ2n) is 13.9. The van der Waals surface area contributed by atoms with Gasteiger partial charge in [-0.25, -0.2) is 4.98 Å². The van der Waals surface area contributed by atoms with Crippen LogP contribution in [0.2, 0.25) is 0 Å². The van der Waals surface area contributed by atoms with Crippen LogP contribution in [0.25, 0.3) is 33.4 Å². The highest BCUT2D eigenvalue weighted by atomic mass is 16.2. The van der Waals surface area contributed by atoms with Gasteiger partial charge in [-0.3, -0.25) is 19.7 Å². The number of benzene rings is 3. The van der Waals surface area contributed by atoms with Gasteiger partial charge in [0.05, 0.1) is 22.5 Å². The molecule has 3 aliphatic heterocycles. The van der Waals surface area contributed by atoms with Crippen LogP contribution in [0.5, 0.6) is 0 Å². The van der Waals surface area contributed by atoms with E-state index in [0.29, 0.717) is 29.9 Å². The summed E-state index contributed by atoms with van der Waals surface area (Å²) in [5, 5.41) is 7.05. The zero-order valence-corrected chi connectivity index (χ0v) is 28.4. The molecule has 0 saturated carbocycles. The number of H-pyrrole nitrogens is 1. The number of piperazine rings is 1. The highest BCUT2D eigenvalue weighted by Gasteiger charge is 2.35. The van der Waals surface area contributed by atoms with Crippen LogP contribution in [0, 0.1) is 12.8 Å². The number of nitrogens with zero attached hydrogens (tertiary/aromatic N) is 3. The maximum atomic E-state index is 13.7. The van der Waals surface area contributed by atoms with E-state index in [1.54, 1.807) is 6.07 Å². The standard InChI is InChI=1S/C41H42N6O3/c1-26-12-13-31(34(23-26)28-7-3-2-4-8-28)38-30(32-10-6-18-43-39(32)44-38)14-15-36(48)46-20-16-27(17-21-46)24-29-25-42-19-22-47(29)35-11-5-9-33-37(35)41(50)45-40(33)49/h2-13,18,23,27,29,42H,14-17,19-22,24-25H2,1H3,(H,43,44)(H,45,49,50). The van der Waals surface area contributed by atoms with Crippen LogP contribution in [0.1, 0.15) is 57.5 Å². The summed E-state index contributed by atoms with van der Waals surface area (Å²) in [6.45, 7) is 6.05. The average Bonchev–Trinajstić information content (AvgIpc) is 3.67. The normalized spacial score (nSPS) is 18.1. The van der Waals surface area contributed by atoms with Gasteiger partial charge in [0.25, 0.3) is 11.8 Å². The first-order valence-electron chi connectivity index (χ1n) is 17.8. The quantitative estimate of drug-likeness (QED) is 0.172. The van der Waals surface area contributed by atoms with Crippen LogP contribution < -0.4 is 15.5 Å². The topological polar surface area (TPSA) is 110 Å². The minimum Gasteiger partial charge on any atom is -0.365 e. The maximum absolute atomic E-state index is 13.7. The van der Waals surface area contributed by atoms with Crippen molar-refractivity contribution in [3.8, 4) is 22.4 Å². The van der Waals surface area contributed by atoms with Crippen LogP contribution in [-0.2, 0) is 11.2 Å². The Hall–Kier alpha value is -5.28. The molecule has 2 aromatic heterocycles. The molecule has 9 heteroatoms. The minimum absolute atomic E-state index is 0.191. The van der Waals surface area contributed by atoms with Crippen molar-refractivity contribution >= 4 is 34.4 Å². The van der Waals surface area contributed by atoms with Gasteiger partial charge in [-0.1, -0.05) is 60.2 Å². The Balaban J connectivity index is 0.950. The lowest BCUT2D eigenvalue weighted by Crippen LogP contribution is -2.53. The molecular formula is C41H42N6O3. The number of fused-ring (bicyclic) bond motifs is 2. The third-order valence-corrected chi connectivity index (χ3v) is 10.8. The number of anilines is 1. The molecule has 1 atom stereocenters. The number of aryl methyl sites for hydroxylation is 2. The van der Waals surface area contributed by atoms with E-state index >= 15 is 0 Å². The molecule has 2 fully saturated rings. The van der Waals surface area contributed by atoms with Crippen LogP contribution in [-0.4, -0.2) is 71.4 Å². The second-order valence-corrected chi connectivity index (χ2v) is 13.9. The van der Waals surface area contributed by atoms with Crippen LogP contribution >= 0.6 is 0 Å². The first-order valence-corrected chi connectivity index (χ1v) is 17.8. The summed E-state index contributed by atoms with van der Waals surface area (Å²) >= 11 is 0. The number of amides is 3. The molecule has 0 spiro atoms. The fourth-order valence-electron chi connectivity index (χ4n) is 8.22. The third-order valence-electron chi connectivity index (χ3n) is 10.8. The predicted octanol–water partition coefficient (Wildman–Crippen LogP) is 6.13. The number of aromatic amines is 1. The molecule has 50 heavy (non-hydrogen) atoms. The summed E-state index contributed by atoms with van der Waals surface area (Å²) in [5.74, 6) is 0.0377. The molecule has 2 saturated heterocycles. The number of hydrogen-bond donors (Lipinski definition) is 3. The van der Waals surface area contributed by atoms with Gasteiger partial charge in [-0.05, 0) is 79.5 Å². The Labute approximate surface area is 292 Å². The summed E-state index contributed by atoms with van der Waals surface area (Å²) in [6.07, 6.45) is 5.75. The molecule has 3 aromatic carbocycles. The number of carbonyl (C=O) groups excluding carboxylic acids is 3. The van der Waals surface area contributed by atoms with E-state index < -0.39 is 0 Å². The number of carbonyl (C=O) groups is 3. The van der Waals surface area contributed by atoms with Crippen molar-refractivity contribution in [1.82, 2.24) is 25.5 Å². The van der Waals surface area contributed by atoms with Crippen LogP contribution in [0.3, 0.4) is 0 Å². The molecule has 0 bridgehead atoms. The first kappa shape index (κ1) is 32.0. The van der Waals surface area contributed by atoms with Gasteiger partial charge < -0.3 is 20.1 Å². The Morgan fingerprint density at radius 1 is 0.880 bits per heavy atom. The average molecular weight is 667 g/mol. The van der Waals surface area contributed by atoms with Gasteiger partial charge in [0, 0.05) is 62.3 Å². The van der Waals surface area contributed by atoms with E-state index in [0.717, 1.165) is 96.7 Å². The minimum atomic E-state index is -0.319. The monoisotopic (exact) mass is 666 g/mol. The van der Waals surface area contributed by atoms with Crippen molar-refractivity contribution in [2.24, 2.45) is 5.92 Å². The van der Waals surface area contributed by atoms with Gasteiger partial charge >= 0.3 is 0 Å². The van der Waals surface area contributed by atoms with Crippen molar-refractivity contribution in [3.05, 3.63) is 107 Å². The number of likely N-dealkylation sites (tertiary alicyclic amines) is 1. The SMILES string of the molecule is Cc1ccc(-c2[nH]c3ncccc3c2CCC(=O)N2CCC(CC3CNCCN3c3cccc4c3C(=O)NC4=O)CC2)c(-c2ccccc2)c1. The van der Waals surface area contributed by atoms with Gasteiger partial charge in [0.2, 0.25) is 5.91 Å². The zero-order valence-electron chi connectivity index (χ0n) is 28.4. The Morgan fingerprint density at radius 2 is 1.72 bits per heavy atom. The van der Waals surface area contributed by atoms with Gasteiger partial charge in [-0.15, -0.1) is 0 Å². The lowest BCUT2D eigenvalue weighted by molar-refractivity contribution is -0.132. The van der Waals surface area contributed by atoms with E-state index in [2.05, 4.69) is 81.0 Å². The van der Waals surface area contributed by atoms with E-state index in [-0.39, 0.29) is 23.8 Å². The predicted molar refractivity (Wildman–Crippen MR) is 196 cm³/mol. The molecular weight excluding hydrogens is 624 g/mol. The zero-order chi connectivity index (χ0) is 34.2. The summed E-state index contributed by atoms with van der Waals surface area (Å²) < 4.78 is 0. The molecule has 8 rings (SSSR count). The number of imide groups is 1. The second kappa shape index (κ2) is 13.6. The van der Waals surface area contributed by atoms with Crippen LogP contribution in [0.15, 0.2) is 85.1 Å². The molecule has 3 N–H and O–H groups in total. The van der Waals surface area contributed by atoms with Crippen molar-refractivity contribution in [1.29, 1.82) is 0 Å². The summed E-state index contributed by atoms with van der Waals surface area (Å²) in [7, 11) is 0. The molecule has 1 unspecified atom stereocenters. The Morgan fingerprint density at radius 3 is 2.56 bits per heavy atom. The fraction of sp³-hybridized carbons (Fsp3) is 0.317. The Kier molecular flexibility index (Phi) is 8.66. The smallest absolute Gasteiger partial charge is 0.261 e. The molecule has 3 aliphatic rings. The molecule has 0 radical (unpaired) electrons. The third kappa shape index (κ3) is 6.07. The Bertz CT molecular complexity index is 2080. The van der Waals surface area contributed by atoms with Crippen molar-refractivity contribution in [2.75, 3.05) is 37.6 Å².